The van der Waals surface area contributed by atoms with Crippen molar-refractivity contribution in [2.75, 3.05) is 34.3 Å². The average molecular weight is 656 g/mol. The van der Waals surface area contributed by atoms with Crippen molar-refractivity contribution in [1.29, 1.82) is 0 Å². The van der Waals surface area contributed by atoms with Crippen LogP contribution in [0.15, 0.2) is 47.4 Å². The molecule has 0 radical (unpaired) electrons. The van der Waals surface area contributed by atoms with Gasteiger partial charge >= 0.3 is 6.36 Å². The summed E-state index contributed by atoms with van der Waals surface area (Å²) in [6.07, 6.45) is -3.52. The van der Waals surface area contributed by atoms with Crippen molar-refractivity contribution in [2.45, 2.75) is 37.9 Å². The minimum absolute atomic E-state index is 0.0167. The van der Waals surface area contributed by atoms with Gasteiger partial charge in [0.05, 0.1) is 47.5 Å². The summed E-state index contributed by atoms with van der Waals surface area (Å²) in [5.41, 5.74) is 0.404. The van der Waals surface area contributed by atoms with E-state index >= 15 is 0 Å². The molecule has 0 spiro atoms. The Morgan fingerprint density at radius 2 is 1.89 bits per heavy atom. The monoisotopic (exact) mass is 656 g/mol. The van der Waals surface area contributed by atoms with Gasteiger partial charge in [-0.3, -0.25) is 12.2 Å². The van der Waals surface area contributed by atoms with Crippen LogP contribution < -0.4 is 16.9 Å². The molecule has 2 aromatic carbocycles. The van der Waals surface area contributed by atoms with E-state index in [1.165, 1.54) is 40.5 Å². The number of nitrogens with zero attached hydrogens (tertiary/aromatic N) is 2. The number of anilines is 2. The number of benzene rings is 2. The third kappa shape index (κ3) is 6.99. The largest absolute Gasteiger partial charge is 0.573 e. The second-order valence-corrected chi connectivity index (χ2v) is 11.2. The molecule has 1 aliphatic heterocycles. The van der Waals surface area contributed by atoms with E-state index in [4.69, 9.17) is 9.47 Å². The van der Waals surface area contributed by atoms with Crippen LogP contribution in [0.5, 0.6) is 11.5 Å². The lowest BCUT2D eigenvalue weighted by Gasteiger charge is -2.32. The number of ether oxygens (including phenoxy) is 3. The zero-order chi connectivity index (χ0) is 27.4. The number of amides is 1. The number of alkyl halides is 3. The van der Waals surface area contributed by atoms with Crippen molar-refractivity contribution in [2.24, 2.45) is 11.8 Å². The lowest BCUT2D eigenvalue weighted by atomic mass is 9.86. The zero-order valence-electron chi connectivity index (χ0n) is 20.5. The molecule has 0 aliphatic carbocycles. The predicted molar refractivity (Wildman–Crippen MR) is 141 cm³/mol. The number of halogens is 4. The van der Waals surface area contributed by atoms with Gasteiger partial charge in [0, 0.05) is 31.7 Å². The second kappa shape index (κ2) is 12.1. The van der Waals surface area contributed by atoms with Crippen LogP contribution in [0, 0.1) is 11.8 Å². The van der Waals surface area contributed by atoms with Crippen LogP contribution in [0.1, 0.15) is 26.7 Å². The van der Waals surface area contributed by atoms with Crippen LogP contribution in [-0.4, -0.2) is 47.6 Å². The van der Waals surface area contributed by atoms with E-state index in [9.17, 15) is 26.4 Å². The molecule has 1 aliphatic rings. The number of carbonyl (C=O) groups excluding carboxylic acids is 1. The summed E-state index contributed by atoms with van der Waals surface area (Å²) < 4.78 is 82.1. The van der Waals surface area contributed by atoms with Gasteiger partial charge < -0.3 is 14.2 Å². The number of sulfonamides is 1. The molecule has 37 heavy (non-hydrogen) atoms. The molecule has 2 atom stereocenters. The van der Waals surface area contributed by atoms with Crippen molar-refractivity contribution in [3.63, 3.8) is 0 Å². The smallest absolute Gasteiger partial charge is 0.492 e. The molecule has 3 rings (SSSR count). The molecule has 1 saturated heterocycles. The van der Waals surface area contributed by atoms with Crippen molar-refractivity contribution < 1.29 is 40.6 Å². The fourth-order valence-electron chi connectivity index (χ4n) is 4.06. The van der Waals surface area contributed by atoms with Gasteiger partial charge in [-0.05, 0) is 43.5 Å². The Bertz CT molecular complexity index is 1210. The molecular weight excluding hydrogens is 628 g/mol. The summed E-state index contributed by atoms with van der Waals surface area (Å²) in [4.78, 5) is 13.0. The van der Waals surface area contributed by atoms with Gasteiger partial charge in [-0.1, -0.05) is 19.4 Å². The van der Waals surface area contributed by atoms with Crippen LogP contribution in [-0.2, 0) is 19.6 Å². The maximum Gasteiger partial charge on any atom is 0.573 e. The molecule has 0 aromatic heterocycles. The number of hydrogen-bond donors (Lipinski definition) is 0. The molecule has 2 aromatic rings. The molecule has 0 saturated carbocycles. The van der Waals surface area contributed by atoms with Gasteiger partial charge in [0.2, 0.25) is 5.91 Å². The average Bonchev–Trinajstić information content (AvgIpc) is 2.86. The third-order valence-corrected chi connectivity index (χ3v) is 8.87. The van der Waals surface area contributed by atoms with E-state index in [0.29, 0.717) is 25.3 Å². The van der Waals surface area contributed by atoms with E-state index in [1.54, 1.807) is 6.92 Å². The maximum atomic E-state index is 13.5. The zero-order valence-corrected chi connectivity index (χ0v) is 23.5. The highest BCUT2D eigenvalue weighted by Crippen LogP contribution is 2.37. The van der Waals surface area contributed by atoms with Gasteiger partial charge in [-0.25, -0.2) is 8.42 Å². The number of hydrogen-bond acceptors (Lipinski definition) is 6. The number of rotatable bonds is 9. The minimum Gasteiger partial charge on any atom is -0.492 e. The standard InChI is InChI=1S/C24H28F3IN2O6S/c1-4-16-15-34-12-11-20(16)23(31)30(28)18-9-10-22(21(14-18)35-5-2)37(32,33)29(3)17-7-6-8-19(13-17)36-24(25,26)27/h6-10,13-14,16,20H,4-5,11-12,15H2,1-3H3/t16-,20-/m0/s1. The predicted octanol–water partition coefficient (Wildman–Crippen LogP) is 5.55. The van der Waals surface area contributed by atoms with Crippen molar-refractivity contribution >= 4 is 50.2 Å². The lowest BCUT2D eigenvalue weighted by molar-refractivity contribution is -0.274. The Morgan fingerprint density at radius 1 is 1.16 bits per heavy atom. The molecule has 1 amide bonds. The molecule has 1 heterocycles. The minimum atomic E-state index is -4.92. The van der Waals surface area contributed by atoms with Crippen LogP contribution in [0.3, 0.4) is 0 Å². The van der Waals surface area contributed by atoms with E-state index in [2.05, 4.69) is 4.74 Å². The highest BCUT2D eigenvalue weighted by molar-refractivity contribution is 14.1. The first-order valence-electron chi connectivity index (χ1n) is 11.6. The second-order valence-electron chi connectivity index (χ2n) is 8.34. The van der Waals surface area contributed by atoms with E-state index in [1.807, 2.05) is 29.8 Å². The molecular formula is C24H28F3IN2O6S. The molecule has 204 valence electrons. The summed E-state index contributed by atoms with van der Waals surface area (Å²) in [6.45, 7) is 4.86. The first kappa shape index (κ1) is 29.3. The summed E-state index contributed by atoms with van der Waals surface area (Å²) in [6, 6.07) is 8.94. The van der Waals surface area contributed by atoms with Crippen LogP contribution in [0.4, 0.5) is 24.5 Å². The van der Waals surface area contributed by atoms with Gasteiger partial charge in [0.1, 0.15) is 16.4 Å². The van der Waals surface area contributed by atoms with Crippen molar-refractivity contribution in [3.05, 3.63) is 42.5 Å². The van der Waals surface area contributed by atoms with E-state index < -0.39 is 22.1 Å². The summed E-state index contributed by atoms with van der Waals surface area (Å²) in [7, 11) is -3.03. The quantitative estimate of drug-likeness (QED) is 0.260. The fourth-order valence-corrected chi connectivity index (χ4v) is 6.02. The topological polar surface area (TPSA) is 85.4 Å². The Kier molecular flexibility index (Phi) is 9.56. The van der Waals surface area contributed by atoms with E-state index in [-0.39, 0.29) is 40.7 Å². The molecule has 8 nitrogen and oxygen atoms in total. The Hall–Kier alpha value is -2.26. The van der Waals surface area contributed by atoms with Gasteiger partial charge in [-0.15, -0.1) is 13.2 Å². The molecule has 1 fully saturated rings. The Balaban J connectivity index is 1.92. The van der Waals surface area contributed by atoms with Crippen molar-refractivity contribution in [3.8, 4) is 11.5 Å². The number of carbonyl (C=O) groups is 1. The van der Waals surface area contributed by atoms with Gasteiger partial charge in [0.15, 0.2) is 0 Å². The van der Waals surface area contributed by atoms with Gasteiger partial charge in [-0.2, -0.15) is 0 Å². The van der Waals surface area contributed by atoms with Gasteiger partial charge in [0.25, 0.3) is 10.0 Å². The molecule has 0 bridgehead atoms. The highest BCUT2D eigenvalue weighted by Gasteiger charge is 2.35. The first-order valence-corrected chi connectivity index (χ1v) is 14.0. The summed E-state index contributed by atoms with van der Waals surface area (Å²) in [5.74, 6) is -0.761. The SMILES string of the molecule is CCOc1cc(N(I)C(=O)[C@H]2CCOC[C@@H]2CC)ccc1S(=O)(=O)N(C)c1cccc(OC(F)(F)F)c1. The molecule has 0 unspecified atom stereocenters. The fraction of sp³-hybridized carbons (Fsp3) is 0.458. The van der Waals surface area contributed by atoms with E-state index in [0.717, 1.165) is 22.9 Å². The summed E-state index contributed by atoms with van der Waals surface area (Å²) in [5, 5.41) is 0. The molecule has 0 N–H and O–H groups in total. The molecule has 13 heteroatoms. The van der Waals surface area contributed by atoms with Crippen LogP contribution in [0.2, 0.25) is 0 Å². The van der Waals surface area contributed by atoms with Crippen LogP contribution >= 0.6 is 22.9 Å². The lowest BCUT2D eigenvalue weighted by Crippen LogP contribution is -2.38. The highest BCUT2D eigenvalue weighted by atomic mass is 127. The summed E-state index contributed by atoms with van der Waals surface area (Å²) >= 11 is 1.90. The Labute approximate surface area is 228 Å². The third-order valence-electron chi connectivity index (χ3n) is 6.02. The maximum absolute atomic E-state index is 13.5. The first-order chi connectivity index (χ1) is 17.4. The van der Waals surface area contributed by atoms with Crippen molar-refractivity contribution in [1.82, 2.24) is 0 Å². The normalized spacial score (nSPS) is 18.2. The van der Waals surface area contributed by atoms with Crippen LogP contribution in [0.25, 0.3) is 0 Å². The Morgan fingerprint density at radius 3 is 2.54 bits per heavy atom.